The van der Waals surface area contributed by atoms with Crippen LogP contribution in [0.5, 0.6) is 11.5 Å². The summed E-state index contributed by atoms with van der Waals surface area (Å²) in [7, 11) is 0. The minimum absolute atomic E-state index is 0.0495. The second-order valence-electron chi connectivity index (χ2n) is 10.6. The molecule has 204 valence electrons. The summed E-state index contributed by atoms with van der Waals surface area (Å²) in [5, 5.41) is 8.13. The van der Waals surface area contributed by atoms with Gasteiger partial charge in [-0.15, -0.1) is 22.7 Å². The van der Waals surface area contributed by atoms with Crippen molar-refractivity contribution in [3.05, 3.63) is 22.6 Å². The summed E-state index contributed by atoms with van der Waals surface area (Å²) >= 11 is 3.08. The molecule has 2 aromatic heterocycles. The summed E-state index contributed by atoms with van der Waals surface area (Å²) in [4.78, 5) is 33.4. The second-order valence-corrected chi connectivity index (χ2v) is 12.7. The summed E-state index contributed by atoms with van der Waals surface area (Å²) in [5.74, 6) is 1.36. The van der Waals surface area contributed by atoms with Crippen molar-refractivity contribution in [3.63, 3.8) is 0 Å². The largest absolute Gasteiger partial charge is 0.454 e. The lowest BCUT2D eigenvalue weighted by molar-refractivity contribution is -0.116. The monoisotopic (exact) mass is 558 g/mol. The third kappa shape index (κ3) is 5.74. The smallest absolute Gasteiger partial charge is 0.410 e. The third-order valence-electron chi connectivity index (χ3n) is 6.52. The number of carbonyl (C=O) groups is 2. The number of nitrogens with one attached hydrogen (secondary N) is 2. The Labute approximate surface area is 230 Å². The number of thiazole rings is 1. The molecule has 1 aromatic carbocycles. The number of carbonyl (C=O) groups excluding carboxylic acids is 2. The molecular formula is C27H34N4O5S2. The fraction of sp³-hybridized carbons (Fsp3) is 0.519. The van der Waals surface area contributed by atoms with Crippen molar-refractivity contribution in [2.45, 2.75) is 72.1 Å². The van der Waals surface area contributed by atoms with Crippen LogP contribution in [0.1, 0.15) is 57.9 Å². The van der Waals surface area contributed by atoms with Gasteiger partial charge in [-0.1, -0.05) is 6.92 Å². The van der Waals surface area contributed by atoms with Gasteiger partial charge < -0.3 is 29.7 Å². The Morgan fingerprint density at radius 1 is 1.21 bits per heavy atom. The molecule has 2 amide bonds. The van der Waals surface area contributed by atoms with E-state index in [-0.39, 0.29) is 18.8 Å². The molecule has 38 heavy (non-hydrogen) atoms. The van der Waals surface area contributed by atoms with Gasteiger partial charge >= 0.3 is 6.09 Å². The lowest BCUT2D eigenvalue weighted by atomic mass is 10.0. The van der Waals surface area contributed by atoms with E-state index in [2.05, 4.69) is 24.5 Å². The van der Waals surface area contributed by atoms with Gasteiger partial charge in [-0.05, 0) is 46.1 Å². The van der Waals surface area contributed by atoms with Crippen molar-refractivity contribution in [1.29, 1.82) is 0 Å². The van der Waals surface area contributed by atoms with Gasteiger partial charge in [0.2, 0.25) is 12.7 Å². The first-order valence-electron chi connectivity index (χ1n) is 13.0. The fourth-order valence-corrected chi connectivity index (χ4v) is 6.79. The van der Waals surface area contributed by atoms with E-state index >= 15 is 0 Å². The Morgan fingerprint density at radius 2 is 1.97 bits per heavy atom. The molecule has 0 saturated heterocycles. The van der Waals surface area contributed by atoms with Crippen LogP contribution in [0.25, 0.3) is 20.8 Å². The summed E-state index contributed by atoms with van der Waals surface area (Å²) in [5.41, 5.74) is 2.34. The van der Waals surface area contributed by atoms with Crippen molar-refractivity contribution < 1.29 is 23.8 Å². The van der Waals surface area contributed by atoms with Crippen LogP contribution in [-0.4, -0.2) is 53.4 Å². The molecule has 1 unspecified atom stereocenters. The highest BCUT2D eigenvalue weighted by atomic mass is 32.1. The molecule has 0 radical (unpaired) electrons. The van der Waals surface area contributed by atoms with Crippen LogP contribution >= 0.6 is 22.7 Å². The molecule has 0 saturated carbocycles. The average Bonchev–Trinajstić information content (AvgIpc) is 3.56. The van der Waals surface area contributed by atoms with Crippen LogP contribution in [0.3, 0.4) is 0 Å². The van der Waals surface area contributed by atoms with Gasteiger partial charge in [0, 0.05) is 48.1 Å². The molecule has 11 heteroatoms. The average molecular weight is 559 g/mol. The van der Waals surface area contributed by atoms with Crippen LogP contribution in [0.4, 0.5) is 9.80 Å². The van der Waals surface area contributed by atoms with Crippen LogP contribution in [0, 0.1) is 0 Å². The van der Waals surface area contributed by atoms with E-state index in [4.69, 9.17) is 19.2 Å². The van der Waals surface area contributed by atoms with Gasteiger partial charge in [-0.25, -0.2) is 9.78 Å². The third-order valence-corrected chi connectivity index (χ3v) is 8.68. The van der Waals surface area contributed by atoms with Crippen molar-refractivity contribution in [1.82, 2.24) is 15.2 Å². The minimum atomic E-state index is -0.560. The fourth-order valence-electron chi connectivity index (χ4n) is 4.39. The number of rotatable bonds is 7. The molecule has 3 aromatic rings. The standard InChI is InChI=1S/C27H34N4O5S2/c1-6-15(2)28-9-7-22(32)30-25-23(24-29-17-11-18-19(35-14-34-18)12-20(17)37-24)16-8-10-31(13-21(16)38-25)26(33)36-27(3,4)5/h11-12,15,28H,6-10,13-14H2,1-5H3,(H,30,32). The Hall–Kier alpha value is -2.89. The molecule has 2 aliphatic heterocycles. The molecule has 0 spiro atoms. The van der Waals surface area contributed by atoms with Gasteiger partial charge in [0.1, 0.15) is 15.6 Å². The molecule has 4 heterocycles. The maximum Gasteiger partial charge on any atom is 0.410 e. The number of ether oxygens (including phenoxy) is 3. The number of hydrogen-bond donors (Lipinski definition) is 2. The molecule has 0 fully saturated rings. The molecule has 0 bridgehead atoms. The first kappa shape index (κ1) is 26.7. The number of amides is 2. The van der Waals surface area contributed by atoms with Crippen LogP contribution in [0.15, 0.2) is 12.1 Å². The van der Waals surface area contributed by atoms with Crippen molar-refractivity contribution in [2.24, 2.45) is 0 Å². The highest BCUT2D eigenvalue weighted by Crippen LogP contribution is 2.47. The quantitative estimate of drug-likeness (QED) is 0.380. The van der Waals surface area contributed by atoms with E-state index in [0.717, 1.165) is 48.4 Å². The van der Waals surface area contributed by atoms with Crippen molar-refractivity contribution in [3.8, 4) is 22.1 Å². The summed E-state index contributed by atoms with van der Waals surface area (Å²) in [6.45, 7) is 11.6. The maximum absolute atomic E-state index is 12.9. The zero-order valence-corrected chi connectivity index (χ0v) is 24.1. The normalized spacial score (nSPS) is 15.4. The highest BCUT2D eigenvalue weighted by Gasteiger charge is 2.31. The Morgan fingerprint density at radius 3 is 2.71 bits per heavy atom. The Balaban J connectivity index is 1.45. The molecular weight excluding hydrogens is 524 g/mol. The van der Waals surface area contributed by atoms with E-state index in [0.29, 0.717) is 44.3 Å². The van der Waals surface area contributed by atoms with E-state index in [1.807, 2.05) is 32.9 Å². The summed E-state index contributed by atoms with van der Waals surface area (Å²) in [6, 6.07) is 4.23. The first-order valence-corrected chi connectivity index (χ1v) is 14.6. The van der Waals surface area contributed by atoms with E-state index in [9.17, 15) is 9.59 Å². The van der Waals surface area contributed by atoms with Gasteiger partial charge in [0.15, 0.2) is 11.5 Å². The van der Waals surface area contributed by atoms with E-state index < -0.39 is 5.60 Å². The number of aromatic nitrogens is 1. The second kappa shape index (κ2) is 10.7. The SMILES string of the molecule is CCC(C)NCCC(=O)Nc1sc2c(c1-c1nc3cc4c(cc3s1)OCO4)CCN(C(=O)OC(C)(C)C)C2. The predicted octanol–water partition coefficient (Wildman–Crippen LogP) is 5.76. The molecule has 2 N–H and O–H groups in total. The lowest BCUT2D eigenvalue weighted by Gasteiger charge is -2.30. The molecule has 5 rings (SSSR count). The topological polar surface area (TPSA) is 102 Å². The number of thiophene rings is 1. The van der Waals surface area contributed by atoms with Gasteiger partial charge in [-0.3, -0.25) is 4.79 Å². The summed E-state index contributed by atoms with van der Waals surface area (Å²) in [6.07, 6.45) is 1.71. The summed E-state index contributed by atoms with van der Waals surface area (Å²) < 4.78 is 17.7. The van der Waals surface area contributed by atoms with Crippen LogP contribution < -0.4 is 20.1 Å². The lowest BCUT2D eigenvalue weighted by Crippen LogP contribution is -2.39. The van der Waals surface area contributed by atoms with Gasteiger partial charge in [0.25, 0.3) is 0 Å². The number of fused-ring (bicyclic) bond motifs is 3. The molecule has 2 aliphatic rings. The van der Waals surface area contributed by atoms with Gasteiger partial charge in [-0.2, -0.15) is 0 Å². The number of benzene rings is 1. The maximum atomic E-state index is 12.9. The zero-order chi connectivity index (χ0) is 27.0. The number of hydrogen-bond acceptors (Lipinski definition) is 9. The first-order chi connectivity index (χ1) is 18.1. The highest BCUT2D eigenvalue weighted by molar-refractivity contribution is 7.23. The molecule has 1 atom stereocenters. The van der Waals surface area contributed by atoms with E-state index in [1.54, 1.807) is 16.2 Å². The number of anilines is 1. The molecule has 0 aliphatic carbocycles. The van der Waals surface area contributed by atoms with Crippen LogP contribution in [-0.2, 0) is 22.5 Å². The predicted molar refractivity (Wildman–Crippen MR) is 150 cm³/mol. The van der Waals surface area contributed by atoms with Crippen molar-refractivity contribution >= 4 is 49.9 Å². The Bertz CT molecular complexity index is 1320. The number of nitrogens with zero attached hydrogens (tertiary/aromatic N) is 2. The minimum Gasteiger partial charge on any atom is -0.454 e. The molecule has 9 nitrogen and oxygen atoms in total. The van der Waals surface area contributed by atoms with Crippen LogP contribution in [0.2, 0.25) is 0 Å². The van der Waals surface area contributed by atoms with E-state index in [1.165, 1.54) is 11.3 Å². The van der Waals surface area contributed by atoms with Gasteiger partial charge in [0.05, 0.1) is 16.8 Å². The Kier molecular flexibility index (Phi) is 7.52. The zero-order valence-electron chi connectivity index (χ0n) is 22.4. The van der Waals surface area contributed by atoms with Crippen molar-refractivity contribution in [2.75, 3.05) is 25.2 Å².